The van der Waals surface area contributed by atoms with E-state index in [0.717, 1.165) is 9.42 Å². The van der Waals surface area contributed by atoms with Gasteiger partial charge in [-0.2, -0.15) is 0 Å². The first kappa shape index (κ1) is 9.55. The van der Waals surface area contributed by atoms with Crippen molar-refractivity contribution in [1.82, 2.24) is 0 Å². The van der Waals surface area contributed by atoms with Crippen LogP contribution in [0.1, 0.15) is 0 Å². The van der Waals surface area contributed by atoms with Crippen LogP contribution in [-0.2, 0) is 0 Å². The third-order valence-electron chi connectivity index (χ3n) is 1.27. The molecule has 0 aliphatic heterocycles. The second kappa shape index (κ2) is 3.46. The van der Waals surface area contributed by atoms with E-state index in [1.54, 1.807) is 0 Å². The zero-order chi connectivity index (χ0) is 9.19. The Morgan fingerprint density at radius 2 is 2.08 bits per heavy atom. The number of aromatic nitrogens is 1. The summed E-state index contributed by atoms with van der Waals surface area (Å²) < 4.78 is 2.73. The van der Waals surface area contributed by atoms with E-state index in [9.17, 15) is 0 Å². The first-order valence-corrected chi connectivity index (χ1v) is 4.19. The fourth-order valence-corrected chi connectivity index (χ4v) is 1.12. The maximum absolute atomic E-state index is 5.83. The van der Waals surface area contributed by atoms with E-state index < -0.39 is 0 Å². The first-order valence-electron chi connectivity index (χ1n) is 3.81. The van der Waals surface area contributed by atoms with Crippen LogP contribution in [0.5, 0.6) is 0 Å². The minimum atomic E-state index is 0.752. The maximum Gasteiger partial charge on any atom is 0.431 e. The second-order valence-corrected chi connectivity index (χ2v) is 4.14. The van der Waals surface area contributed by atoms with Crippen molar-refractivity contribution in [3.8, 4) is 0 Å². The highest BCUT2D eigenvalue weighted by Crippen LogP contribution is 2.00. The average Bonchev–Trinajstić information content (AvgIpc) is 1.82. The zero-order valence-electron chi connectivity index (χ0n) is 7.66. The number of hydrogen-bond donors (Lipinski definition) is 0. The Balaban J connectivity index is 2.77. The average molecular weight is 183 g/mol. The third-order valence-corrected chi connectivity index (χ3v) is 1.49. The van der Waals surface area contributed by atoms with Gasteiger partial charge in [0, 0.05) is 21.1 Å². The molecule has 0 aliphatic carbocycles. The Bertz CT molecular complexity index is 270. The van der Waals surface area contributed by atoms with Crippen molar-refractivity contribution in [3.05, 3.63) is 29.5 Å². The number of hydrogen-bond acceptors (Lipinski definition) is 0. The molecular formula is C8H13BClN2+. The predicted octanol–water partition coefficient (Wildman–Crippen LogP) is 0.716. The molecule has 0 saturated carbocycles. The van der Waals surface area contributed by atoms with Gasteiger partial charge in [0.25, 0.3) is 0 Å². The lowest BCUT2D eigenvalue weighted by molar-refractivity contribution is -0.807. The molecule has 1 heterocycles. The van der Waals surface area contributed by atoms with Crippen molar-refractivity contribution in [2.24, 2.45) is 0 Å². The Labute approximate surface area is 79.3 Å². The summed E-state index contributed by atoms with van der Waals surface area (Å²) in [6, 6.07) is 3.79. The van der Waals surface area contributed by atoms with Gasteiger partial charge in [-0.15, -0.1) is 0 Å². The molecule has 1 aromatic rings. The summed E-state index contributed by atoms with van der Waals surface area (Å²) in [5, 5.41) is 0.752. The lowest BCUT2D eigenvalue weighted by Gasteiger charge is -2.31. The van der Waals surface area contributed by atoms with E-state index in [0.29, 0.717) is 0 Å². The molecule has 0 saturated heterocycles. The Morgan fingerprint density at radius 1 is 1.42 bits per heavy atom. The van der Waals surface area contributed by atoms with E-state index >= 15 is 0 Å². The quantitative estimate of drug-likeness (QED) is 0.595. The number of rotatable bonds is 2. The molecule has 2 nitrogen and oxygen atoms in total. The van der Waals surface area contributed by atoms with Crippen LogP contribution in [0.2, 0.25) is 5.02 Å². The minimum Gasteiger partial charge on any atom is -0.501 e. The lowest BCUT2D eigenvalue weighted by atomic mass is 10.1. The van der Waals surface area contributed by atoms with Gasteiger partial charge < -0.3 is 8.87 Å². The fourth-order valence-electron chi connectivity index (χ4n) is 0.935. The summed E-state index contributed by atoms with van der Waals surface area (Å²) in [7, 11) is 8.33. The van der Waals surface area contributed by atoms with Gasteiger partial charge in [-0.3, -0.25) is 0 Å². The summed E-state index contributed by atoms with van der Waals surface area (Å²) in [5.41, 5.74) is 0. The van der Waals surface area contributed by atoms with Crippen LogP contribution in [0, 0.1) is 0 Å². The summed E-state index contributed by atoms with van der Waals surface area (Å²) >= 11 is 5.83. The van der Waals surface area contributed by atoms with E-state index in [2.05, 4.69) is 28.7 Å². The van der Waals surface area contributed by atoms with Crippen LogP contribution in [0.4, 0.5) is 0 Å². The molecule has 0 spiro atoms. The largest absolute Gasteiger partial charge is 0.501 e. The van der Waals surface area contributed by atoms with Crippen LogP contribution >= 0.6 is 11.6 Å². The van der Waals surface area contributed by atoms with E-state index in [1.165, 1.54) is 0 Å². The Kier molecular flexibility index (Phi) is 2.75. The molecule has 0 aliphatic rings. The summed E-state index contributed by atoms with van der Waals surface area (Å²) in [4.78, 5) is 0. The SMILES string of the molecule is C[N+](C)(C)[B-][n+]1cccc(Cl)c1. The number of halogens is 1. The smallest absolute Gasteiger partial charge is 0.431 e. The number of quaternary nitrogens is 1. The topological polar surface area (TPSA) is 3.88 Å². The zero-order valence-corrected chi connectivity index (χ0v) is 8.42. The van der Waals surface area contributed by atoms with E-state index in [-0.39, 0.29) is 0 Å². The molecule has 4 heteroatoms. The molecule has 0 unspecified atom stereocenters. The molecule has 0 N–H and O–H groups in total. The van der Waals surface area contributed by atoms with Crippen LogP contribution in [0.3, 0.4) is 0 Å². The molecule has 1 aromatic heterocycles. The van der Waals surface area contributed by atoms with Crippen LogP contribution in [0.25, 0.3) is 0 Å². The van der Waals surface area contributed by atoms with Gasteiger partial charge in [-0.25, -0.2) is 0 Å². The highest BCUT2D eigenvalue weighted by atomic mass is 35.5. The van der Waals surface area contributed by atoms with E-state index in [1.807, 2.05) is 29.0 Å². The Hall–Kier alpha value is -0.535. The normalized spacial score (nSPS) is 11.7. The van der Waals surface area contributed by atoms with Crippen molar-refractivity contribution in [2.45, 2.75) is 0 Å². The van der Waals surface area contributed by atoms with Gasteiger partial charge in [-0.05, 0) is 12.1 Å². The van der Waals surface area contributed by atoms with Crippen LogP contribution in [0.15, 0.2) is 24.5 Å². The molecule has 12 heavy (non-hydrogen) atoms. The first-order chi connectivity index (χ1) is 5.47. The molecular weight excluding hydrogens is 170 g/mol. The second-order valence-electron chi connectivity index (χ2n) is 3.70. The number of nitrogens with zero attached hydrogens (tertiary/aromatic N) is 2. The van der Waals surface area contributed by atoms with Crippen molar-refractivity contribution in [3.63, 3.8) is 0 Å². The molecule has 1 rings (SSSR count). The van der Waals surface area contributed by atoms with Gasteiger partial charge in [0.15, 0.2) is 0 Å². The highest BCUT2D eigenvalue weighted by molar-refractivity contribution is 6.30. The molecule has 0 fully saturated rings. The lowest BCUT2D eigenvalue weighted by Crippen LogP contribution is -2.56. The van der Waals surface area contributed by atoms with Gasteiger partial charge in [0.2, 0.25) is 0 Å². The highest BCUT2D eigenvalue weighted by Gasteiger charge is 2.06. The molecule has 0 bridgehead atoms. The van der Waals surface area contributed by atoms with Crippen molar-refractivity contribution < 1.29 is 8.87 Å². The third kappa shape index (κ3) is 3.24. The molecule has 0 amide bonds. The molecule has 0 atom stereocenters. The molecule has 0 aromatic carbocycles. The van der Waals surface area contributed by atoms with Gasteiger partial charge in [0.05, 0.1) is 5.02 Å². The summed E-state index contributed by atoms with van der Waals surface area (Å²) in [6.07, 6.45) is 3.85. The monoisotopic (exact) mass is 183 g/mol. The van der Waals surface area contributed by atoms with Crippen molar-refractivity contribution >= 4 is 19.2 Å². The van der Waals surface area contributed by atoms with Crippen LogP contribution in [-0.4, -0.2) is 33.1 Å². The van der Waals surface area contributed by atoms with Gasteiger partial charge in [-0.1, -0.05) is 11.6 Å². The number of pyridine rings is 1. The minimum absolute atomic E-state index is 0.752. The van der Waals surface area contributed by atoms with Crippen molar-refractivity contribution in [2.75, 3.05) is 21.1 Å². The maximum atomic E-state index is 5.83. The van der Waals surface area contributed by atoms with Crippen molar-refractivity contribution in [1.29, 1.82) is 0 Å². The summed E-state index contributed by atoms with van der Waals surface area (Å²) in [6.45, 7) is 0. The molecule has 64 valence electrons. The van der Waals surface area contributed by atoms with E-state index in [4.69, 9.17) is 11.6 Å². The standard InChI is InChI=1S/C8H13BClN2/c1-12(2,3)9-11-6-4-5-8(10)7-11/h4-7H,1-3H3/q+1. The van der Waals surface area contributed by atoms with Gasteiger partial charge >= 0.3 is 7.55 Å². The molecule has 2 radical (unpaired) electrons. The summed E-state index contributed by atoms with van der Waals surface area (Å²) in [5.74, 6) is 0. The Morgan fingerprint density at radius 3 is 2.58 bits per heavy atom. The predicted molar refractivity (Wildman–Crippen MR) is 50.8 cm³/mol. The van der Waals surface area contributed by atoms with Gasteiger partial charge in [0.1, 0.15) is 12.4 Å². The fraction of sp³-hybridized carbons (Fsp3) is 0.375. The van der Waals surface area contributed by atoms with Crippen LogP contribution < -0.4 is 4.48 Å².